The molecule has 2 aromatic rings. The largest absolute Gasteiger partial charge is 0.351 e. The van der Waals surface area contributed by atoms with Gasteiger partial charge >= 0.3 is 0 Å². The fourth-order valence-electron chi connectivity index (χ4n) is 1.84. The van der Waals surface area contributed by atoms with Crippen LogP contribution in [0.2, 0.25) is 5.15 Å². The lowest BCUT2D eigenvalue weighted by atomic mass is 10.1. The van der Waals surface area contributed by atoms with Crippen molar-refractivity contribution in [2.45, 2.75) is 13.8 Å². The summed E-state index contributed by atoms with van der Waals surface area (Å²) in [6.45, 7) is 3.90. The number of nitriles is 2. The van der Waals surface area contributed by atoms with E-state index in [4.69, 9.17) is 22.1 Å². The van der Waals surface area contributed by atoms with Crippen molar-refractivity contribution in [3.63, 3.8) is 0 Å². The lowest BCUT2D eigenvalue weighted by Crippen LogP contribution is -1.99. The Morgan fingerprint density at radius 2 is 1.74 bits per heavy atom. The molecule has 0 aliphatic rings. The Bertz CT molecular complexity index is 746. The standard InChI is InChI=1S/C13H10ClN5/c1-7-4-9(8(2)19(7)3)12-13(14)18-11(6-16)10(5-15)17-12/h4H,1-3H3. The van der Waals surface area contributed by atoms with Gasteiger partial charge in [0.25, 0.3) is 0 Å². The molecule has 0 saturated heterocycles. The van der Waals surface area contributed by atoms with Crippen molar-refractivity contribution >= 4 is 11.6 Å². The van der Waals surface area contributed by atoms with Gasteiger partial charge in [0.15, 0.2) is 16.5 Å². The summed E-state index contributed by atoms with van der Waals surface area (Å²) in [4.78, 5) is 8.08. The molecule has 0 N–H and O–H groups in total. The first-order valence-electron chi connectivity index (χ1n) is 5.50. The summed E-state index contributed by atoms with van der Waals surface area (Å²) in [7, 11) is 1.93. The number of halogens is 1. The average molecular weight is 272 g/mol. The number of rotatable bonds is 1. The summed E-state index contributed by atoms with van der Waals surface area (Å²) in [5, 5.41) is 18.0. The van der Waals surface area contributed by atoms with Gasteiger partial charge in [-0.1, -0.05) is 11.6 Å². The molecule has 0 saturated carbocycles. The highest BCUT2D eigenvalue weighted by molar-refractivity contribution is 6.31. The van der Waals surface area contributed by atoms with Gasteiger partial charge in [0.1, 0.15) is 17.8 Å². The molecule has 0 fully saturated rings. The van der Waals surface area contributed by atoms with Gasteiger partial charge in [0.05, 0.1) is 0 Å². The van der Waals surface area contributed by atoms with Gasteiger partial charge in [0, 0.05) is 24.0 Å². The Kier molecular flexibility index (Phi) is 3.25. The quantitative estimate of drug-likeness (QED) is 0.798. The number of aromatic nitrogens is 3. The van der Waals surface area contributed by atoms with E-state index in [1.807, 2.05) is 43.7 Å². The third-order valence-electron chi connectivity index (χ3n) is 3.10. The van der Waals surface area contributed by atoms with Crippen LogP contribution in [0, 0.1) is 36.5 Å². The molecule has 0 bridgehead atoms. The summed E-state index contributed by atoms with van der Waals surface area (Å²) < 4.78 is 2.00. The molecule has 2 rings (SSSR count). The highest BCUT2D eigenvalue weighted by Crippen LogP contribution is 2.30. The highest BCUT2D eigenvalue weighted by Gasteiger charge is 2.17. The minimum atomic E-state index is -0.0541. The van der Waals surface area contributed by atoms with E-state index < -0.39 is 0 Å². The predicted octanol–water partition coefficient (Wildman–Crippen LogP) is 2.50. The zero-order valence-electron chi connectivity index (χ0n) is 10.7. The smallest absolute Gasteiger partial charge is 0.178 e. The van der Waals surface area contributed by atoms with Crippen LogP contribution in [0.25, 0.3) is 11.3 Å². The Balaban J connectivity index is 2.74. The van der Waals surface area contributed by atoms with Crippen LogP contribution in [-0.4, -0.2) is 14.5 Å². The minimum absolute atomic E-state index is 0.0113. The molecular weight excluding hydrogens is 262 g/mol. The second-order valence-corrected chi connectivity index (χ2v) is 4.49. The van der Waals surface area contributed by atoms with Crippen LogP contribution < -0.4 is 0 Å². The molecule has 0 spiro atoms. The van der Waals surface area contributed by atoms with Crippen molar-refractivity contribution in [2.75, 3.05) is 0 Å². The first kappa shape index (κ1) is 13.1. The number of nitrogens with zero attached hydrogens (tertiary/aromatic N) is 5. The first-order valence-corrected chi connectivity index (χ1v) is 5.88. The van der Waals surface area contributed by atoms with Gasteiger partial charge in [-0.15, -0.1) is 0 Å². The Morgan fingerprint density at radius 1 is 1.16 bits per heavy atom. The molecular formula is C13H10ClN5. The number of hydrogen-bond acceptors (Lipinski definition) is 4. The van der Waals surface area contributed by atoms with Crippen molar-refractivity contribution < 1.29 is 0 Å². The number of aryl methyl sites for hydroxylation is 1. The third kappa shape index (κ3) is 2.05. The zero-order chi connectivity index (χ0) is 14.2. The molecule has 19 heavy (non-hydrogen) atoms. The molecule has 0 radical (unpaired) electrons. The summed E-state index contributed by atoms with van der Waals surface area (Å²) in [5.74, 6) is 0. The minimum Gasteiger partial charge on any atom is -0.351 e. The van der Waals surface area contributed by atoms with E-state index >= 15 is 0 Å². The van der Waals surface area contributed by atoms with Gasteiger partial charge < -0.3 is 4.57 Å². The summed E-state index contributed by atoms with van der Waals surface area (Å²) in [6.07, 6.45) is 0. The van der Waals surface area contributed by atoms with Crippen LogP contribution in [0.1, 0.15) is 22.8 Å². The fraction of sp³-hybridized carbons (Fsp3) is 0.231. The van der Waals surface area contributed by atoms with Crippen molar-refractivity contribution in [3.05, 3.63) is 34.0 Å². The normalized spacial score (nSPS) is 10.0. The zero-order valence-corrected chi connectivity index (χ0v) is 11.4. The predicted molar refractivity (Wildman–Crippen MR) is 70.4 cm³/mol. The van der Waals surface area contributed by atoms with E-state index in [9.17, 15) is 0 Å². The Morgan fingerprint density at radius 3 is 2.21 bits per heavy atom. The number of hydrogen-bond donors (Lipinski definition) is 0. The summed E-state index contributed by atoms with van der Waals surface area (Å²) >= 11 is 6.06. The van der Waals surface area contributed by atoms with Gasteiger partial charge in [-0.3, -0.25) is 0 Å². The molecule has 2 heterocycles. The van der Waals surface area contributed by atoms with Crippen LogP contribution >= 0.6 is 11.6 Å². The maximum Gasteiger partial charge on any atom is 0.178 e. The molecule has 0 amide bonds. The SMILES string of the molecule is Cc1cc(-c2nc(C#N)c(C#N)nc2Cl)c(C)n1C. The molecule has 0 aliphatic heterocycles. The lowest BCUT2D eigenvalue weighted by Gasteiger charge is -2.05. The van der Waals surface area contributed by atoms with Gasteiger partial charge in [0.2, 0.25) is 0 Å². The topological polar surface area (TPSA) is 78.3 Å². The second kappa shape index (κ2) is 4.72. The fourth-order valence-corrected chi connectivity index (χ4v) is 2.07. The third-order valence-corrected chi connectivity index (χ3v) is 3.36. The van der Waals surface area contributed by atoms with E-state index in [0.717, 1.165) is 17.0 Å². The van der Waals surface area contributed by atoms with Gasteiger partial charge in [-0.25, -0.2) is 9.97 Å². The van der Waals surface area contributed by atoms with Crippen molar-refractivity contribution in [2.24, 2.45) is 7.05 Å². The highest BCUT2D eigenvalue weighted by atomic mass is 35.5. The summed E-state index contributed by atoms with van der Waals surface area (Å²) in [6, 6.07) is 5.60. The van der Waals surface area contributed by atoms with Crippen LogP contribution in [0.15, 0.2) is 6.07 Å². The van der Waals surface area contributed by atoms with Crippen molar-refractivity contribution in [1.29, 1.82) is 10.5 Å². The van der Waals surface area contributed by atoms with E-state index in [1.165, 1.54) is 0 Å². The average Bonchev–Trinajstić information content (AvgIpc) is 2.66. The van der Waals surface area contributed by atoms with Gasteiger partial charge in [-0.2, -0.15) is 10.5 Å². The monoisotopic (exact) mass is 271 g/mol. The molecule has 0 atom stereocenters. The van der Waals surface area contributed by atoms with E-state index in [1.54, 1.807) is 0 Å². The maximum absolute atomic E-state index is 8.99. The van der Waals surface area contributed by atoms with Gasteiger partial charge in [-0.05, 0) is 19.9 Å². The molecule has 0 unspecified atom stereocenters. The summed E-state index contributed by atoms with van der Waals surface area (Å²) in [5.41, 5.74) is 3.21. The van der Waals surface area contributed by atoms with E-state index in [-0.39, 0.29) is 16.5 Å². The van der Waals surface area contributed by atoms with E-state index in [0.29, 0.717) is 5.69 Å². The Labute approximate surface area is 115 Å². The molecule has 0 aromatic carbocycles. The van der Waals surface area contributed by atoms with Crippen LogP contribution in [0.5, 0.6) is 0 Å². The first-order chi connectivity index (χ1) is 8.99. The van der Waals surface area contributed by atoms with Crippen molar-refractivity contribution in [3.8, 4) is 23.4 Å². The van der Waals surface area contributed by atoms with Crippen LogP contribution in [0.3, 0.4) is 0 Å². The van der Waals surface area contributed by atoms with E-state index in [2.05, 4.69) is 9.97 Å². The lowest BCUT2D eigenvalue weighted by molar-refractivity contribution is 0.844. The maximum atomic E-state index is 8.99. The molecule has 6 heteroatoms. The van der Waals surface area contributed by atoms with Crippen LogP contribution in [0.4, 0.5) is 0 Å². The molecule has 0 aliphatic carbocycles. The van der Waals surface area contributed by atoms with Crippen LogP contribution in [-0.2, 0) is 7.05 Å². The Hall–Kier alpha value is -2.37. The molecule has 2 aromatic heterocycles. The second-order valence-electron chi connectivity index (χ2n) is 4.13. The molecule has 5 nitrogen and oxygen atoms in total. The van der Waals surface area contributed by atoms with Crippen molar-refractivity contribution in [1.82, 2.24) is 14.5 Å². The molecule has 94 valence electrons.